The Balaban J connectivity index is 1.65. The third-order valence-electron chi connectivity index (χ3n) is 4.74. The van der Waals surface area contributed by atoms with Gasteiger partial charge in [-0.25, -0.2) is 0 Å². The summed E-state index contributed by atoms with van der Waals surface area (Å²) in [5.74, 6) is 0.871. The minimum atomic E-state index is -0.0733. The second kappa shape index (κ2) is 5.81. The summed E-state index contributed by atoms with van der Waals surface area (Å²) >= 11 is 0. The molecule has 120 valence electrons. The molecule has 0 heterocycles. The molecular weight excluding hydrogens is 294 g/mol. The molecule has 0 aliphatic heterocycles. The number of aryl methyl sites for hydroxylation is 2. The van der Waals surface area contributed by atoms with Crippen LogP contribution in [0.4, 0.5) is 0 Å². The van der Waals surface area contributed by atoms with Gasteiger partial charge >= 0.3 is 0 Å². The van der Waals surface area contributed by atoms with E-state index in [-0.39, 0.29) is 6.04 Å². The zero-order valence-corrected chi connectivity index (χ0v) is 14.0. The van der Waals surface area contributed by atoms with Crippen LogP contribution in [0.1, 0.15) is 33.9 Å². The van der Waals surface area contributed by atoms with Gasteiger partial charge in [-0.2, -0.15) is 0 Å². The molecule has 0 aromatic heterocycles. The van der Waals surface area contributed by atoms with Crippen LogP contribution in [-0.2, 0) is 6.61 Å². The number of hydrogen-bond donors (Lipinski definition) is 1. The second-order valence-electron chi connectivity index (χ2n) is 6.54. The first-order valence-electron chi connectivity index (χ1n) is 8.31. The fourth-order valence-electron chi connectivity index (χ4n) is 3.64. The molecule has 0 saturated carbocycles. The molecule has 4 rings (SSSR count). The van der Waals surface area contributed by atoms with E-state index in [1.54, 1.807) is 0 Å². The first kappa shape index (κ1) is 15.0. The van der Waals surface area contributed by atoms with Crippen LogP contribution in [0.2, 0.25) is 0 Å². The number of hydrogen-bond acceptors (Lipinski definition) is 2. The van der Waals surface area contributed by atoms with Crippen LogP contribution in [0.25, 0.3) is 11.1 Å². The quantitative estimate of drug-likeness (QED) is 0.745. The highest BCUT2D eigenvalue weighted by atomic mass is 16.5. The number of ether oxygens (including phenoxy) is 1. The molecule has 0 amide bonds. The normalized spacial score (nSPS) is 15.0. The summed E-state index contributed by atoms with van der Waals surface area (Å²) in [5.41, 5.74) is 15.1. The topological polar surface area (TPSA) is 35.2 Å². The molecule has 24 heavy (non-hydrogen) atoms. The van der Waals surface area contributed by atoms with Crippen LogP contribution in [0.3, 0.4) is 0 Å². The van der Waals surface area contributed by atoms with E-state index in [9.17, 15) is 0 Å². The van der Waals surface area contributed by atoms with Crippen molar-refractivity contribution in [2.45, 2.75) is 26.5 Å². The van der Waals surface area contributed by atoms with Gasteiger partial charge in [0.05, 0.1) is 6.04 Å². The van der Waals surface area contributed by atoms with E-state index in [2.05, 4.69) is 50.2 Å². The smallest absolute Gasteiger partial charge is 0.120 e. The summed E-state index contributed by atoms with van der Waals surface area (Å²) in [6.07, 6.45) is 0. The number of rotatable bonds is 3. The molecule has 1 atom stereocenters. The van der Waals surface area contributed by atoms with Crippen LogP contribution in [0.15, 0.2) is 60.7 Å². The Morgan fingerprint density at radius 3 is 2.50 bits per heavy atom. The van der Waals surface area contributed by atoms with E-state index in [0.717, 1.165) is 16.9 Å². The molecule has 0 spiro atoms. The summed E-state index contributed by atoms with van der Waals surface area (Å²) in [6.45, 7) is 4.85. The number of nitrogens with two attached hydrogens (primary N) is 1. The highest BCUT2D eigenvalue weighted by Crippen LogP contribution is 2.45. The van der Waals surface area contributed by atoms with E-state index in [1.807, 2.05) is 24.3 Å². The molecule has 2 N–H and O–H groups in total. The molecule has 0 radical (unpaired) electrons. The zero-order chi connectivity index (χ0) is 16.7. The Morgan fingerprint density at radius 1 is 0.917 bits per heavy atom. The van der Waals surface area contributed by atoms with Crippen molar-refractivity contribution in [3.63, 3.8) is 0 Å². The Labute approximate surface area is 142 Å². The van der Waals surface area contributed by atoms with Crippen LogP contribution in [-0.4, -0.2) is 0 Å². The highest BCUT2D eigenvalue weighted by molar-refractivity contribution is 5.81. The molecule has 0 bridgehead atoms. The van der Waals surface area contributed by atoms with Gasteiger partial charge in [0.1, 0.15) is 12.4 Å². The second-order valence-corrected chi connectivity index (χ2v) is 6.54. The van der Waals surface area contributed by atoms with E-state index in [1.165, 1.54) is 27.8 Å². The van der Waals surface area contributed by atoms with Gasteiger partial charge in [0, 0.05) is 0 Å². The Morgan fingerprint density at radius 2 is 1.71 bits per heavy atom. The zero-order valence-electron chi connectivity index (χ0n) is 14.0. The van der Waals surface area contributed by atoms with E-state index < -0.39 is 0 Å². The first-order valence-corrected chi connectivity index (χ1v) is 8.31. The molecule has 1 aliphatic carbocycles. The summed E-state index contributed by atoms with van der Waals surface area (Å²) in [7, 11) is 0. The summed E-state index contributed by atoms with van der Waals surface area (Å²) in [4.78, 5) is 0. The lowest BCUT2D eigenvalue weighted by Gasteiger charge is -2.11. The summed E-state index contributed by atoms with van der Waals surface area (Å²) in [6, 6.07) is 20.9. The van der Waals surface area contributed by atoms with Gasteiger partial charge in [-0.3, -0.25) is 0 Å². The molecule has 2 nitrogen and oxygen atoms in total. The standard InChI is InChI=1S/C22H21NO/c1-14-10-15(2)21-19(11-14)18-9-8-17(12-20(18)22(21)23)24-13-16-6-4-3-5-7-16/h3-12,22H,13,23H2,1-2H3. The predicted octanol–water partition coefficient (Wildman–Crippen LogP) is 4.91. The fourth-order valence-corrected chi connectivity index (χ4v) is 3.64. The van der Waals surface area contributed by atoms with Gasteiger partial charge in [0.2, 0.25) is 0 Å². The Kier molecular flexibility index (Phi) is 3.62. The van der Waals surface area contributed by atoms with E-state index in [4.69, 9.17) is 10.5 Å². The summed E-state index contributed by atoms with van der Waals surface area (Å²) < 4.78 is 5.96. The van der Waals surface area contributed by atoms with Crippen LogP contribution in [0, 0.1) is 13.8 Å². The minimum absolute atomic E-state index is 0.0733. The molecule has 0 saturated heterocycles. The van der Waals surface area contributed by atoms with Crippen molar-refractivity contribution < 1.29 is 4.74 Å². The maximum Gasteiger partial charge on any atom is 0.120 e. The minimum Gasteiger partial charge on any atom is -0.489 e. The van der Waals surface area contributed by atoms with Crippen molar-refractivity contribution in [2.24, 2.45) is 5.73 Å². The molecular formula is C22H21NO. The van der Waals surface area contributed by atoms with Crippen molar-refractivity contribution in [3.8, 4) is 16.9 Å². The number of benzene rings is 3. The number of fused-ring (bicyclic) bond motifs is 3. The van der Waals surface area contributed by atoms with E-state index >= 15 is 0 Å². The van der Waals surface area contributed by atoms with Crippen molar-refractivity contribution in [2.75, 3.05) is 0 Å². The molecule has 1 aliphatic rings. The van der Waals surface area contributed by atoms with Gasteiger partial charge in [-0.1, -0.05) is 54.1 Å². The van der Waals surface area contributed by atoms with Gasteiger partial charge in [0.15, 0.2) is 0 Å². The van der Waals surface area contributed by atoms with Crippen LogP contribution in [0.5, 0.6) is 5.75 Å². The van der Waals surface area contributed by atoms with Gasteiger partial charge in [0.25, 0.3) is 0 Å². The monoisotopic (exact) mass is 315 g/mol. The largest absolute Gasteiger partial charge is 0.489 e. The lowest BCUT2D eigenvalue weighted by atomic mass is 9.98. The first-order chi connectivity index (χ1) is 11.6. The Bertz CT molecular complexity index is 899. The van der Waals surface area contributed by atoms with Crippen molar-refractivity contribution in [1.29, 1.82) is 0 Å². The van der Waals surface area contributed by atoms with Gasteiger partial charge < -0.3 is 10.5 Å². The molecule has 0 fully saturated rings. The Hall–Kier alpha value is -2.58. The third kappa shape index (κ3) is 2.49. The van der Waals surface area contributed by atoms with Crippen molar-refractivity contribution >= 4 is 0 Å². The van der Waals surface area contributed by atoms with Gasteiger partial charge in [-0.05, 0) is 59.4 Å². The maximum atomic E-state index is 6.53. The van der Waals surface area contributed by atoms with E-state index in [0.29, 0.717) is 6.61 Å². The van der Waals surface area contributed by atoms with Crippen molar-refractivity contribution in [1.82, 2.24) is 0 Å². The fraction of sp³-hybridized carbons (Fsp3) is 0.182. The average molecular weight is 315 g/mol. The third-order valence-corrected chi connectivity index (χ3v) is 4.74. The van der Waals surface area contributed by atoms with Crippen molar-refractivity contribution in [3.05, 3.63) is 88.5 Å². The lowest BCUT2D eigenvalue weighted by molar-refractivity contribution is 0.306. The summed E-state index contributed by atoms with van der Waals surface area (Å²) in [5, 5.41) is 0. The average Bonchev–Trinajstić information content (AvgIpc) is 2.86. The maximum absolute atomic E-state index is 6.53. The lowest BCUT2D eigenvalue weighted by Crippen LogP contribution is -2.09. The highest BCUT2D eigenvalue weighted by Gasteiger charge is 2.28. The molecule has 2 heteroatoms. The molecule has 3 aromatic rings. The predicted molar refractivity (Wildman–Crippen MR) is 98.2 cm³/mol. The SMILES string of the molecule is Cc1cc(C)c2c(c1)-c1ccc(OCc3ccccc3)cc1C2N. The molecule has 1 unspecified atom stereocenters. The molecule has 3 aromatic carbocycles. The van der Waals surface area contributed by atoms with Gasteiger partial charge in [-0.15, -0.1) is 0 Å². The van der Waals surface area contributed by atoms with Crippen LogP contribution >= 0.6 is 0 Å². The van der Waals surface area contributed by atoms with Crippen LogP contribution < -0.4 is 10.5 Å².